The minimum atomic E-state index is -0.296. The summed E-state index contributed by atoms with van der Waals surface area (Å²) < 4.78 is 11.3. The lowest BCUT2D eigenvalue weighted by atomic mass is 10.1. The summed E-state index contributed by atoms with van der Waals surface area (Å²) in [5, 5.41) is 4.07. The van der Waals surface area contributed by atoms with E-state index < -0.39 is 0 Å². The lowest BCUT2D eigenvalue weighted by Gasteiger charge is -2.26. The Labute approximate surface area is 200 Å². The SMILES string of the molecule is CCCN(C)c1cc(C(=O)Nc2ccc3[nH]c(C)c(C)c3c2)nc(OCCN2CCOCC2)n1. The molecule has 1 fully saturated rings. The Bertz CT molecular complexity index is 1140. The molecule has 0 unspecified atom stereocenters. The van der Waals surface area contributed by atoms with Crippen molar-refractivity contribution in [1.29, 1.82) is 0 Å². The van der Waals surface area contributed by atoms with Crippen LogP contribution in [0.4, 0.5) is 11.5 Å². The van der Waals surface area contributed by atoms with E-state index >= 15 is 0 Å². The molecule has 182 valence electrons. The fourth-order valence-corrected chi connectivity index (χ4v) is 4.06. The molecule has 1 aliphatic rings. The molecule has 34 heavy (non-hydrogen) atoms. The van der Waals surface area contributed by atoms with Crippen LogP contribution < -0.4 is 15.0 Å². The minimum absolute atomic E-state index is 0.214. The number of hydrogen-bond donors (Lipinski definition) is 2. The van der Waals surface area contributed by atoms with Gasteiger partial charge >= 0.3 is 6.01 Å². The van der Waals surface area contributed by atoms with Crippen LogP contribution in [0.3, 0.4) is 0 Å². The van der Waals surface area contributed by atoms with Gasteiger partial charge in [0, 0.05) is 61.6 Å². The zero-order chi connectivity index (χ0) is 24.1. The maximum Gasteiger partial charge on any atom is 0.319 e. The third-order valence-corrected chi connectivity index (χ3v) is 6.18. The highest BCUT2D eigenvalue weighted by atomic mass is 16.5. The van der Waals surface area contributed by atoms with Crippen LogP contribution in [-0.4, -0.2) is 78.8 Å². The molecule has 1 saturated heterocycles. The second-order valence-corrected chi connectivity index (χ2v) is 8.71. The van der Waals surface area contributed by atoms with Crippen molar-refractivity contribution in [2.24, 2.45) is 0 Å². The number of carbonyl (C=O) groups is 1. The second-order valence-electron chi connectivity index (χ2n) is 8.71. The highest BCUT2D eigenvalue weighted by molar-refractivity contribution is 6.04. The summed E-state index contributed by atoms with van der Waals surface area (Å²) in [5.74, 6) is 0.367. The molecule has 2 N–H and O–H groups in total. The molecule has 0 saturated carbocycles. The molecule has 3 heterocycles. The molecule has 4 rings (SSSR count). The zero-order valence-electron chi connectivity index (χ0n) is 20.5. The minimum Gasteiger partial charge on any atom is -0.462 e. The normalized spacial score (nSPS) is 14.4. The van der Waals surface area contributed by atoms with Gasteiger partial charge in [-0.05, 0) is 44.0 Å². The van der Waals surface area contributed by atoms with Crippen molar-refractivity contribution in [2.75, 3.05) is 63.3 Å². The van der Waals surface area contributed by atoms with Crippen LogP contribution in [0.15, 0.2) is 24.3 Å². The van der Waals surface area contributed by atoms with Gasteiger partial charge in [-0.25, -0.2) is 0 Å². The van der Waals surface area contributed by atoms with E-state index in [1.165, 1.54) is 5.56 Å². The van der Waals surface area contributed by atoms with Gasteiger partial charge < -0.3 is 24.7 Å². The third-order valence-electron chi connectivity index (χ3n) is 6.18. The van der Waals surface area contributed by atoms with Crippen molar-refractivity contribution in [1.82, 2.24) is 19.9 Å². The van der Waals surface area contributed by atoms with E-state index in [4.69, 9.17) is 9.47 Å². The highest BCUT2D eigenvalue weighted by Crippen LogP contribution is 2.25. The Morgan fingerprint density at radius 3 is 2.79 bits per heavy atom. The average molecular weight is 467 g/mol. The van der Waals surface area contributed by atoms with Crippen molar-refractivity contribution >= 4 is 28.3 Å². The van der Waals surface area contributed by atoms with E-state index in [2.05, 4.69) is 39.0 Å². The summed E-state index contributed by atoms with van der Waals surface area (Å²) in [6, 6.07) is 7.78. The first-order chi connectivity index (χ1) is 16.4. The van der Waals surface area contributed by atoms with Crippen LogP contribution in [0, 0.1) is 13.8 Å². The Balaban J connectivity index is 1.51. The van der Waals surface area contributed by atoms with Crippen LogP contribution in [0.2, 0.25) is 0 Å². The molecule has 0 bridgehead atoms. The number of aromatic nitrogens is 3. The summed E-state index contributed by atoms with van der Waals surface area (Å²) in [4.78, 5) is 29.7. The summed E-state index contributed by atoms with van der Waals surface area (Å²) in [7, 11) is 1.95. The maximum absolute atomic E-state index is 13.1. The Morgan fingerprint density at radius 1 is 1.24 bits per heavy atom. The van der Waals surface area contributed by atoms with Crippen LogP contribution in [0.1, 0.15) is 35.1 Å². The molecule has 1 aromatic carbocycles. The standard InChI is InChI=1S/C25H34N6O3/c1-5-8-30(4)23-16-22(28-25(29-23)34-14-11-31-9-12-33-13-10-31)24(32)27-19-6-7-21-20(15-19)17(2)18(3)26-21/h6-7,15-16,26H,5,8-14H2,1-4H3,(H,27,32). The molecule has 1 aliphatic heterocycles. The summed E-state index contributed by atoms with van der Waals surface area (Å²) in [6.07, 6.45) is 0.963. The summed E-state index contributed by atoms with van der Waals surface area (Å²) in [5.41, 5.74) is 4.34. The van der Waals surface area contributed by atoms with Gasteiger partial charge in [-0.15, -0.1) is 0 Å². The van der Waals surface area contributed by atoms with Gasteiger partial charge in [0.25, 0.3) is 5.91 Å². The van der Waals surface area contributed by atoms with Gasteiger partial charge in [0.1, 0.15) is 18.1 Å². The molecule has 9 heteroatoms. The molecule has 0 atom stereocenters. The van der Waals surface area contributed by atoms with Crippen molar-refractivity contribution < 1.29 is 14.3 Å². The number of benzene rings is 1. The second kappa shape index (κ2) is 10.8. The van der Waals surface area contributed by atoms with Crippen molar-refractivity contribution in [3.63, 3.8) is 0 Å². The Hall–Kier alpha value is -3.17. The first kappa shape index (κ1) is 24.0. The van der Waals surface area contributed by atoms with Gasteiger partial charge in [-0.1, -0.05) is 6.92 Å². The maximum atomic E-state index is 13.1. The predicted octanol–water partition coefficient (Wildman–Crippen LogP) is 3.38. The number of aromatic amines is 1. The predicted molar refractivity (Wildman–Crippen MR) is 134 cm³/mol. The van der Waals surface area contributed by atoms with E-state index in [1.807, 2.05) is 37.1 Å². The number of amides is 1. The van der Waals surface area contributed by atoms with Crippen LogP contribution >= 0.6 is 0 Å². The Kier molecular flexibility index (Phi) is 7.64. The smallest absolute Gasteiger partial charge is 0.319 e. The number of hydrogen-bond acceptors (Lipinski definition) is 7. The molecular weight excluding hydrogens is 432 g/mol. The number of H-pyrrole nitrogens is 1. The lowest BCUT2D eigenvalue weighted by molar-refractivity contribution is 0.0317. The number of fused-ring (bicyclic) bond motifs is 1. The molecule has 2 aromatic heterocycles. The number of rotatable bonds is 9. The van der Waals surface area contributed by atoms with E-state index in [0.29, 0.717) is 12.4 Å². The average Bonchev–Trinajstić information content (AvgIpc) is 3.12. The first-order valence-electron chi connectivity index (χ1n) is 11.9. The summed E-state index contributed by atoms with van der Waals surface area (Å²) >= 11 is 0. The van der Waals surface area contributed by atoms with Crippen molar-refractivity contribution in [2.45, 2.75) is 27.2 Å². The topological polar surface area (TPSA) is 95.6 Å². The molecule has 0 aliphatic carbocycles. The van der Waals surface area contributed by atoms with Gasteiger partial charge in [-0.2, -0.15) is 9.97 Å². The van der Waals surface area contributed by atoms with Crippen molar-refractivity contribution in [3.8, 4) is 6.01 Å². The summed E-state index contributed by atoms with van der Waals surface area (Å²) in [6.45, 7) is 11.5. The van der Waals surface area contributed by atoms with Gasteiger partial charge in [0.05, 0.1) is 13.2 Å². The fraction of sp³-hybridized carbons (Fsp3) is 0.480. The highest BCUT2D eigenvalue weighted by Gasteiger charge is 2.17. The van der Waals surface area contributed by atoms with Crippen LogP contribution in [0.5, 0.6) is 6.01 Å². The van der Waals surface area contributed by atoms with E-state index in [0.717, 1.165) is 68.1 Å². The van der Waals surface area contributed by atoms with E-state index in [1.54, 1.807) is 6.07 Å². The van der Waals surface area contributed by atoms with Gasteiger partial charge in [-0.3, -0.25) is 9.69 Å². The number of anilines is 2. The number of morpholine rings is 1. The molecule has 3 aromatic rings. The molecule has 9 nitrogen and oxygen atoms in total. The van der Waals surface area contributed by atoms with Gasteiger partial charge in [0.2, 0.25) is 0 Å². The Morgan fingerprint density at radius 2 is 2.03 bits per heavy atom. The monoisotopic (exact) mass is 466 g/mol. The molecular formula is C25H34N6O3. The number of nitrogens with one attached hydrogen (secondary N) is 2. The fourth-order valence-electron chi connectivity index (χ4n) is 4.06. The number of carbonyl (C=O) groups excluding carboxylic acids is 1. The van der Waals surface area contributed by atoms with Crippen LogP contribution in [-0.2, 0) is 4.74 Å². The number of nitrogens with zero attached hydrogens (tertiary/aromatic N) is 4. The van der Waals surface area contributed by atoms with E-state index in [-0.39, 0.29) is 17.6 Å². The van der Waals surface area contributed by atoms with Gasteiger partial charge in [0.15, 0.2) is 0 Å². The molecule has 1 amide bonds. The van der Waals surface area contributed by atoms with Crippen LogP contribution in [0.25, 0.3) is 10.9 Å². The lowest BCUT2D eigenvalue weighted by Crippen LogP contribution is -2.38. The van der Waals surface area contributed by atoms with E-state index in [9.17, 15) is 4.79 Å². The molecule has 0 spiro atoms. The largest absolute Gasteiger partial charge is 0.462 e. The quantitative estimate of drug-likeness (QED) is 0.499. The molecule has 0 radical (unpaired) electrons. The first-order valence-corrected chi connectivity index (χ1v) is 11.9. The van der Waals surface area contributed by atoms with Crippen molar-refractivity contribution in [3.05, 3.63) is 41.2 Å². The number of aryl methyl sites for hydroxylation is 2. The third kappa shape index (κ3) is 5.66. The zero-order valence-corrected chi connectivity index (χ0v) is 20.5. The number of ether oxygens (including phenoxy) is 2.